The summed E-state index contributed by atoms with van der Waals surface area (Å²) in [4.78, 5) is 4.70. The van der Waals surface area contributed by atoms with E-state index in [1.807, 2.05) is 12.1 Å². The van der Waals surface area contributed by atoms with Crippen LogP contribution in [-0.4, -0.2) is 39.3 Å². The molecule has 0 aromatic heterocycles. The van der Waals surface area contributed by atoms with E-state index in [1.165, 1.54) is 0 Å². The van der Waals surface area contributed by atoms with E-state index in [9.17, 15) is 4.39 Å². The minimum atomic E-state index is -0.110. The molecule has 0 bridgehead atoms. The Hall–Kier alpha value is -1.62. The van der Waals surface area contributed by atoms with E-state index in [2.05, 4.69) is 17.6 Å². The number of ether oxygens (including phenoxy) is 1. The molecule has 4 nitrogen and oxygen atoms in total. The summed E-state index contributed by atoms with van der Waals surface area (Å²) >= 11 is 0. The number of unbranched alkanes of at least 4 members (excludes halogenated alkanes) is 2. The van der Waals surface area contributed by atoms with Gasteiger partial charge >= 0.3 is 0 Å². The van der Waals surface area contributed by atoms with Crippen molar-refractivity contribution in [3.63, 3.8) is 0 Å². The van der Waals surface area contributed by atoms with Crippen LogP contribution in [0.15, 0.2) is 29.3 Å². The smallest absolute Gasteiger partial charge is 0.191 e. The minimum absolute atomic E-state index is 0.105. The lowest BCUT2D eigenvalue weighted by atomic mass is 9.95. The van der Waals surface area contributed by atoms with Crippen molar-refractivity contribution in [2.24, 2.45) is 4.99 Å². The van der Waals surface area contributed by atoms with Crippen LogP contribution in [0.25, 0.3) is 0 Å². The van der Waals surface area contributed by atoms with Crippen LogP contribution in [0.2, 0.25) is 0 Å². The summed E-state index contributed by atoms with van der Waals surface area (Å²) in [5.41, 5.74) is 0.704. The summed E-state index contributed by atoms with van der Waals surface area (Å²) < 4.78 is 19.1. The fraction of sp³-hybridized carbons (Fsp3) is 0.632. The molecule has 24 heavy (non-hydrogen) atoms. The van der Waals surface area contributed by atoms with Gasteiger partial charge in [0.25, 0.3) is 0 Å². The van der Waals surface area contributed by atoms with Crippen molar-refractivity contribution in [2.45, 2.75) is 44.4 Å². The first-order valence-electron chi connectivity index (χ1n) is 8.98. The molecular formula is C19H30FN3O. The normalized spacial score (nSPS) is 16.0. The SMILES string of the molecule is CCNC(=NCC1(c2ccccc2F)CC1)NCCCCCOC. The number of nitrogens with zero attached hydrogens (tertiary/aromatic N) is 1. The van der Waals surface area contributed by atoms with E-state index in [0.29, 0.717) is 6.54 Å². The van der Waals surface area contributed by atoms with Crippen LogP contribution in [0.3, 0.4) is 0 Å². The highest BCUT2D eigenvalue weighted by Crippen LogP contribution is 2.49. The maximum atomic E-state index is 14.1. The molecule has 0 atom stereocenters. The predicted octanol–water partition coefficient (Wildman–Crippen LogP) is 3.23. The highest BCUT2D eigenvalue weighted by Gasteiger charge is 2.45. The average molecular weight is 335 g/mol. The monoisotopic (exact) mass is 335 g/mol. The quantitative estimate of drug-likeness (QED) is 0.392. The van der Waals surface area contributed by atoms with Gasteiger partial charge in [0.2, 0.25) is 0 Å². The van der Waals surface area contributed by atoms with Gasteiger partial charge in [-0.1, -0.05) is 18.2 Å². The van der Waals surface area contributed by atoms with Gasteiger partial charge in [-0.3, -0.25) is 4.99 Å². The zero-order valence-corrected chi connectivity index (χ0v) is 14.9. The van der Waals surface area contributed by atoms with Gasteiger partial charge in [0.1, 0.15) is 5.82 Å². The van der Waals surface area contributed by atoms with E-state index in [-0.39, 0.29) is 11.2 Å². The van der Waals surface area contributed by atoms with E-state index in [1.54, 1.807) is 19.2 Å². The molecule has 1 aromatic rings. The molecule has 0 heterocycles. The summed E-state index contributed by atoms with van der Waals surface area (Å²) in [5.74, 6) is 0.716. The molecule has 0 radical (unpaired) electrons. The summed E-state index contributed by atoms with van der Waals surface area (Å²) in [5, 5.41) is 6.64. The zero-order chi connectivity index (χ0) is 17.3. The highest BCUT2D eigenvalue weighted by molar-refractivity contribution is 5.79. The Morgan fingerprint density at radius 3 is 2.67 bits per heavy atom. The van der Waals surface area contributed by atoms with Gasteiger partial charge in [-0.25, -0.2) is 4.39 Å². The standard InChI is InChI=1S/C19H30FN3O/c1-3-21-18(22-13-7-4-8-14-24-2)23-15-19(11-12-19)16-9-5-6-10-17(16)20/h5-6,9-10H,3-4,7-8,11-15H2,1-2H3,(H2,21,22,23). The number of guanidine groups is 1. The lowest BCUT2D eigenvalue weighted by Crippen LogP contribution is -2.38. The number of nitrogens with one attached hydrogen (secondary N) is 2. The first-order chi connectivity index (χ1) is 11.7. The van der Waals surface area contributed by atoms with E-state index >= 15 is 0 Å². The molecule has 5 heteroatoms. The molecule has 0 spiro atoms. The second kappa shape index (κ2) is 9.62. The molecule has 0 amide bonds. The van der Waals surface area contributed by atoms with Crippen LogP contribution in [0.4, 0.5) is 4.39 Å². The molecule has 2 rings (SSSR count). The number of hydrogen-bond donors (Lipinski definition) is 2. The Kier molecular flexibility index (Phi) is 7.50. The van der Waals surface area contributed by atoms with Crippen molar-refractivity contribution in [3.05, 3.63) is 35.6 Å². The van der Waals surface area contributed by atoms with Crippen molar-refractivity contribution in [2.75, 3.05) is 33.4 Å². The van der Waals surface area contributed by atoms with E-state index in [4.69, 9.17) is 9.73 Å². The number of rotatable bonds is 10. The van der Waals surface area contributed by atoms with Crippen LogP contribution >= 0.6 is 0 Å². The Bertz CT molecular complexity index is 529. The van der Waals surface area contributed by atoms with Crippen LogP contribution in [-0.2, 0) is 10.2 Å². The van der Waals surface area contributed by atoms with Gasteiger partial charge in [-0.15, -0.1) is 0 Å². The summed E-state index contributed by atoms with van der Waals surface area (Å²) in [6, 6.07) is 7.09. The van der Waals surface area contributed by atoms with E-state index in [0.717, 1.165) is 63.3 Å². The Labute approximate surface area is 144 Å². The van der Waals surface area contributed by atoms with Gasteiger partial charge in [-0.2, -0.15) is 0 Å². The molecule has 1 saturated carbocycles. The molecule has 134 valence electrons. The fourth-order valence-electron chi connectivity index (χ4n) is 2.88. The Morgan fingerprint density at radius 2 is 2.00 bits per heavy atom. The zero-order valence-electron chi connectivity index (χ0n) is 14.9. The van der Waals surface area contributed by atoms with Gasteiger partial charge in [0, 0.05) is 32.2 Å². The number of aliphatic imine (C=N–C) groups is 1. The molecule has 0 unspecified atom stereocenters. The number of methoxy groups -OCH3 is 1. The van der Waals surface area contributed by atoms with Crippen molar-refractivity contribution < 1.29 is 9.13 Å². The van der Waals surface area contributed by atoms with Crippen molar-refractivity contribution in [3.8, 4) is 0 Å². The number of halogens is 1. The Balaban J connectivity index is 1.85. The molecule has 1 fully saturated rings. The third kappa shape index (κ3) is 5.48. The summed E-state index contributed by atoms with van der Waals surface area (Å²) in [6.45, 7) is 5.22. The molecule has 1 aromatic carbocycles. The third-order valence-corrected chi connectivity index (χ3v) is 4.50. The van der Waals surface area contributed by atoms with Gasteiger partial charge in [0.15, 0.2) is 5.96 Å². The lowest BCUT2D eigenvalue weighted by Gasteiger charge is -2.16. The lowest BCUT2D eigenvalue weighted by molar-refractivity contribution is 0.192. The number of hydrogen-bond acceptors (Lipinski definition) is 2. The van der Waals surface area contributed by atoms with Crippen molar-refractivity contribution in [1.82, 2.24) is 10.6 Å². The van der Waals surface area contributed by atoms with Crippen molar-refractivity contribution in [1.29, 1.82) is 0 Å². The highest BCUT2D eigenvalue weighted by atomic mass is 19.1. The minimum Gasteiger partial charge on any atom is -0.385 e. The molecule has 0 aliphatic heterocycles. The topological polar surface area (TPSA) is 45.7 Å². The average Bonchev–Trinajstić information content (AvgIpc) is 3.37. The maximum absolute atomic E-state index is 14.1. The Morgan fingerprint density at radius 1 is 1.21 bits per heavy atom. The van der Waals surface area contributed by atoms with Gasteiger partial charge in [-0.05, 0) is 50.7 Å². The molecule has 2 N–H and O–H groups in total. The molecular weight excluding hydrogens is 305 g/mol. The van der Waals surface area contributed by atoms with Gasteiger partial charge in [0.05, 0.1) is 6.54 Å². The fourth-order valence-corrected chi connectivity index (χ4v) is 2.88. The van der Waals surface area contributed by atoms with Crippen molar-refractivity contribution >= 4 is 5.96 Å². The first-order valence-corrected chi connectivity index (χ1v) is 8.98. The summed E-state index contributed by atoms with van der Waals surface area (Å²) in [6.07, 6.45) is 5.33. The van der Waals surface area contributed by atoms with Gasteiger partial charge < -0.3 is 15.4 Å². The van der Waals surface area contributed by atoms with Crippen LogP contribution < -0.4 is 10.6 Å². The maximum Gasteiger partial charge on any atom is 0.191 e. The molecule has 1 aliphatic carbocycles. The number of benzene rings is 1. The van der Waals surface area contributed by atoms with Crippen LogP contribution in [0, 0.1) is 5.82 Å². The molecule has 0 saturated heterocycles. The second-order valence-electron chi connectivity index (χ2n) is 6.44. The summed E-state index contributed by atoms with van der Waals surface area (Å²) in [7, 11) is 1.73. The molecule has 1 aliphatic rings. The van der Waals surface area contributed by atoms with Crippen LogP contribution in [0.5, 0.6) is 0 Å². The first kappa shape index (κ1) is 18.7. The largest absolute Gasteiger partial charge is 0.385 e. The second-order valence-corrected chi connectivity index (χ2v) is 6.44. The van der Waals surface area contributed by atoms with E-state index < -0.39 is 0 Å². The predicted molar refractivity (Wildman–Crippen MR) is 97.0 cm³/mol. The van der Waals surface area contributed by atoms with Crippen LogP contribution in [0.1, 0.15) is 44.6 Å². The third-order valence-electron chi connectivity index (χ3n) is 4.50.